The summed E-state index contributed by atoms with van der Waals surface area (Å²) in [5.74, 6) is 1.47. The fraction of sp³-hybridized carbons (Fsp3) is 0.385. The van der Waals surface area contributed by atoms with Crippen molar-refractivity contribution in [3.05, 3.63) is 48.2 Å². The molecule has 1 aliphatic heterocycles. The topological polar surface area (TPSA) is 105 Å². The predicted molar refractivity (Wildman–Crippen MR) is 138 cm³/mol. The predicted octanol–water partition coefficient (Wildman–Crippen LogP) is 4.22. The van der Waals surface area contributed by atoms with Gasteiger partial charge in [0.1, 0.15) is 5.52 Å². The molecule has 2 atom stereocenters. The molecule has 9 heteroatoms. The number of rotatable bonds is 7. The average Bonchev–Trinajstić information content (AvgIpc) is 2.88. The standard InChI is InChI=1S/C26H29N5O3S/c1-34-24-8-6-19-25(31-24)20(9-10-28-19)30-26(33)18-4-2-3-16(11-18)13-27-14-17-5-7-22-21(12-17)29-23(32)15-35-22/h5-10,12,16,18,27H,2-4,11,13-15H2,1H3,(H,29,32)(H,28,30,33)/t16-,18+/m1/s1. The molecular weight excluding hydrogens is 462 g/mol. The zero-order valence-electron chi connectivity index (χ0n) is 19.7. The average molecular weight is 492 g/mol. The lowest BCUT2D eigenvalue weighted by atomic mass is 9.81. The summed E-state index contributed by atoms with van der Waals surface area (Å²) in [5.41, 5.74) is 4.06. The number of hydrogen-bond donors (Lipinski definition) is 3. The van der Waals surface area contributed by atoms with Crippen molar-refractivity contribution in [2.24, 2.45) is 11.8 Å². The number of aromatic nitrogens is 2. The van der Waals surface area contributed by atoms with Crippen LogP contribution in [0.2, 0.25) is 0 Å². The first-order valence-corrected chi connectivity index (χ1v) is 12.9. The van der Waals surface area contributed by atoms with E-state index < -0.39 is 0 Å². The molecule has 0 spiro atoms. The van der Waals surface area contributed by atoms with Gasteiger partial charge in [0.25, 0.3) is 0 Å². The van der Waals surface area contributed by atoms with Crippen molar-refractivity contribution in [2.45, 2.75) is 37.1 Å². The Bertz CT molecular complexity index is 1250. The minimum Gasteiger partial charge on any atom is -0.481 e. The van der Waals surface area contributed by atoms with Crippen LogP contribution in [0.4, 0.5) is 11.4 Å². The van der Waals surface area contributed by atoms with Crippen LogP contribution in [0.1, 0.15) is 31.2 Å². The van der Waals surface area contributed by atoms with Gasteiger partial charge in [-0.15, -0.1) is 11.8 Å². The van der Waals surface area contributed by atoms with Gasteiger partial charge in [-0.2, -0.15) is 0 Å². The lowest BCUT2D eigenvalue weighted by Gasteiger charge is -2.28. The Labute approximate surface area is 208 Å². The Hall–Kier alpha value is -3.17. The lowest BCUT2D eigenvalue weighted by Crippen LogP contribution is -2.32. The molecule has 2 aliphatic rings. The number of carbonyl (C=O) groups excluding carboxylic acids is 2. The van der Waals surface area contributed by atoms with Crippen LogP contribution >= 0.6 is 11.8 Å². The van der Waals surface area contributed by atoms with Crippen molar-refractivity contribution in [1.82, 2.24) is 15.3 Å². The zero-order valence-corrected chi connectivity index (χ0v) is 20.5. The van der Waals surface area contributed by atoms with Crippen molar-refractivity contribution in [2.75, 3.05) is 30.0 Å². The van der Waals surface area contributed by atoms with Gasteiger partial charge in [0.05, 0.1) is 29.8 Å². The third-order valence-corrected chi connectivity index (χ3v) is 7.69. The van der Waals surface area contributed by atoms with Crippen LogP contribution in [0.3, 0.4) is 0 Å². The van der Waals surface area contributed by atoms with Crippen LogP contribution in [0.15, 0.2) is 47.5 Å². The number of fused-ring (bicyclic) bond motifs is 2. The van der Waals surface area contributed by atoms with E-state index in [2.05, 4.69) is 38.1 Å². The Morgan fingerprint density at radius 2 is 2.14 bits per heavy atom. The van der Waals surface area contributed by atoms with Crippen LogP contribution < -0.4 is 20.7 Å². The van der Waals surface area contributed by atoms with E-state index in [1.54, 1.807) is 37.2 Å². The number of hydrogen-bond acceptors (Lipinski definition) is 7. The molecule has 0 unspecified atom stereocenters. The van der Waals surface area contributed by atoms with Crippen molar-refractivity contribution in [3.8, 4) is 5.88 Å². The molecule has 5 rings (SSSR count). The highest BCUT2D eigenvalue weighted by molar-refractivity contribution is 8.00. The number of carbonyl (C=O) groups is 2. The van der Waals surface area contributed by atoms with Crippen LogP contribution in [0.25, 0.3) is 11.0 Å². The highest BCUT2D eigenvalue weighted by Crippen LogP contribution is 2.33. The molecule has 8 nitrogen and oxygen atoms in total. The fourth-order valence-corrected chi connectivity index (χ4v) is 5.62. The van der Waals surface area contributed by atoms with Gasteiger partial charge in [-0.1, -0.05) is 12.5 Å². The van der Waals surface area contributed by atoms with Gasteiger partial charge in [0.15, 0.2) is 0 Å². The highest BCUT2D eigenvalue weighted by Gasteiger charge is 2.27. The minimum atomic E-state index is -0.0274. The van der Waals surface area contributed by atoms with Crippen LogP contribution in [0.5, 0.6) is 5.88 Å². The number of benzene rings is 1. The van der Waals surface area contributed by atoms with Crippen LogP contribution in [0, 0.1) is 11.8 Å². The Morgan fingerprint density at radius 1 is 1.23 bits per heavy atom. The van der Waals surface area contributed by atoms with E-state index in [0.717, 1.165) is 60.4 Å². The van der Waals surface area contributed by atoms with Crippen LogP contribution in [-0.2, 0) is 16.1 Å². The van der Waals surface area contributed by atoms with E-state index in [1.165, 1.54) is 0 Å². The summed E-state index contributed by atoms with van der Waals surface area (Å²) in [6.07, 6.45) is 5.59. The molecule has 35 heavy (non-hydrogen) atoms. The van der Waals surface area contributed by atoms with Gasteiger partial charge in [-0.25, -0.2) is 4.98 Å². The molecule has 1 saturated carbocycles. The maximum Gasteiger partial charge on any atom is 0.234 e. The quantitative estimate of drug-likeness (QED) is 0.454. The second-order valence-corrected chi connectivity index (χ2v) is 10.1. The number of amides is 2. The molecule has 182 valence electrons. The Balaban J connectivity index is 1.16. The largest absolute Gasteiger partial charge is 0.481 e. The normalized spacial score (nSPS) is 19.6. The number of nitrogens with one attached hydrogen (secondary N) is 3. The molecule has 1 fully saturated rings. The molecule has 0 radical (unpaired) electrons. The summed E-state index contributed by atoms with van der Waals surface area (Å²) in [5, 5.41) is 9.59. The molecular formula is C26H29N5O3S. The molecule has 2 aromatic heterocycles. The molecule has 2 amide bonds. The van der Waals surface area contributed by atoms with E-state index in [9.17, 15) is 9.59 Å². The third kappa shape index (κ3) is 5.57. The molecule has 0 saturated heterocycles. The summed E-state index contributed by atoms with van der Waals surface area (Å²) in [6.45, 7) is 1.59. The molecule has 3 N–H and O–H groups in total. The number of ether oxygens (including phenoxy) is 1. The monoisotopic (exact) mass is 491 g/mol. The maximum atomic E-state index is 13.1. The van der Waals surface area contributed by atoms with Crippen LogP contribution in [-0.4, -0.2) is 41.2 Å². The lowest BCUT2D eigenvalue weighted by molar-refractivity contribution is -0.121. The summed E-state index contributed by atoms with van der Waals surface area (Å²) in [4.78, 5) is 34.7. The van der Waals surface area contributed by atoms with Gasteiger partial charge < -0.3 is 20.7 Å². The summed E-state index contributed by atoms with van der Waals surface area (Å²) in [6, 6.07) is 11.6. The molecule has 1 aromatic carbocycles. The number of pyridine rings is 2. The first-order chi connectivity index (χ1) is 17.1. The second-order valence-electron chi connectivity index (χ2n) is 9.10. The first-order valence-electron chi connectivity index (χ1n) is 12.0. The van der Waals surface area contributed by atoms with E-state index in [1.807, 2.05) is 12.1 Å². The summed E-state index contributed by atoms with van der Waals surface area (Å²) < 4.78 is 5.24. The smallest absolute Gasteiger partial charge is 0.234 e. The van der Waals surface area contributed by atoms with Gasteiger partial charge in [0, 0.05) is 29.6 Å². The van der Waals surface area contributed by atoms with E-state index in [4.69, 9.17) is 4.74 Å². The van der Waals surface area contributed by atoms with Gasteiger partial charge in [-0.05, 0) is 61.6 Å². The third-order valence-electron chi connectivity index (χ3n) is 6.62. The SMILES string of the molecule is COc1ccc2nccc(NC(=O)[C@H]3CCC[C@@H](CNCc4ccc5c(c4)NC(=O)CS5)C3)c2n1. The van der Waals surface area contributed by atoms with Crippen molar-refractivity contribution in [3.63, 3.8) is 0 Å². The van der Waals surface area contributed by atoms with E-state index in [0.29, 0.717) is 28.8 Å². The van der Waals surface area contributed by atoms with Crippen molar-refractivity contribution < 1.29 is 14.3 Å². The number of thioether (sulfide) groups is 1. The summed E-state index contributed by atoms with van der Waals surface area (Å²) >= 11 is 1.57. The van der Waals surface area contributed by atoms with Gasteiger partial charge in [0.2, 0.25) is 17.7 Å². The number of anilines is 2. The number of nitrogens with zero attached hydrogens (tertiary/aromatic N) is 2. The molecule has 0 bridgehead atoms. The Kier molecular flexibility index (Phi) is 7.15. The van der Waals surface area contributed by atoms with Gasteiger partial charge >= 0.3 is 0 Å². The molecule has 1 aliphatic carbocycles. The molecule has 3 aromatic rings. The van der Waals surface area contributed by atoms with Crippen molar-refractivity contribution >= 4 is 46.0 Å². The van der Waals surface area contributed by atoms with Gasteiger partial charge in [-0.3, -0.25) is 14.6 Å². The number of methoxy groups -OCH3 is 1. The van der Waals surface area contributed by atoms with E-state index in [-0.39, 0.29) is 17.7 Å². The summed E-state index contributed by atoms with van der Waals surface area (Å²) in [7, 11) is 1.57. The Morgan fingerprint density at radius 3 is 3.03 bits per heavy atom. The minimum absolute atomic E-state index is 0.0274. The maximum absolute atomic E-state index is 13.1. The fourth-order valence-electron chi connectivity index (χ4n) is 4.83. The second kappa shape index (κ2) is 10.6. The van der Waals surface area contributed by atoms with Crippen molar-refractivity contribution in [1.29, 1.82) is 0 Å². The zero-order chi connectivity index (χ0) is 24.2. The van der Waals surface area contributed by atoms with E-state index >= 15 is 0 Å². The molecule has 3 heterocycles. The first kappa shape index (κ1) is 23.6. The highest BCUT2D eigenvalue weighted by atomic mass is 32.2.